The number of rotatable bonds is 16. The van der Waals surface area contributed by atoms with Gasteiger partial charge in [0.15, 0.2) is 0 Å². The molecule has 2 unspecified atom stereocenters. The normalized spacial score (nSPS) is 24.0. The van der Waals surface area contributed by atoms with E-state index in [0.717, 1.165) is 10.4 Å². The lowest BCUT2D eigenvalue weighted by atomic mass is 9.64. The number of phosphoric ester groups is 1. The molecule has 3 aliphatic heterocycles. The van der Waals surface area contributed by atoms with Crippen molar-refractivity contribution >= 4 is 26.9 Å². The molecule has 414 valence electrons. The number of benzene rings is 5. The van der Waals surface area contributed by atoms with E-state index in [-0.39, 0.29) is 31.4 Å². The zero-order valence-electron chi connectivity index (χ0n) is 45.0. The van der Waals surface area contributed by atoms with E-state index in [1.54, 1.807) is 52.3 Å². The minimum Gasteiger partial charge on any atom is -0.606 e. The molecule has 0 spiro atoms. The lowest BCUT2D eigenvalue weighted by molar-refractivity contribution is -0.274. The first-order valence-corrected chi connectivity index (χ1v) is 29.6. The van der Waals surface area contributed by atoms with Gasteiger partial charge in [0.2, 0.25) is 0 Å². The predicted molar refractivity (Wildman–Crippen MR) is 297 cm³/mol. The van der Waals surface area contributed by atoms with E-state index in [1.165, 1.54) is 21.5 Å². The fourth-order valence-electron chi connectivity index (χ4n) is 11.7. The Morgan fingerprint density at radius 3 is 1.59 bits per heavy atom. The molecule has 5 heterocycles. The minimum absolute atomic E-state index is 0.129. The van der Waals surface area contributed by atoms with Gasteiger partial charge in [0.25, 0.3) is 19.4 Å². The number of phosphoric acid groups is 1. The molecule has 18 nitrogen and oxygen atoms in total. The maximum atomic E-state index is 15.7. The van der Waals surface area contributed by atoms with Gasteiger partial charge >= 0.3 is 19.5 Å². The van der Waals surface area contributed by atoms with Gasteiger partial charge in [0.05, 0.1) is 32.3 Å². The number of nitrogens with one attached hydrogen (secondary N) is 2. The molecule has 10 rings (SSSR count). The second-order valence-corrected chi connectivity index (χ2v) is 27.1. The van der Waals surface area contributed by atoms with Crippen LogP contribution in [-0.2, 0) is 32.9 Å². The lowest BCUT2D eigenvalue weighted by Gasteiger charge is -2.46. The fraction of sp³-hybridized carbons (Fsp3) is 0.356. The molecule has 2 aromatic heterocycles. The second-order valence-electron chi connectivity index (χ2n) is 21.3. The molecule has 0 saturated carbocycles. The summed E-state index contributed by atoms with van der Waals surface area (Å²) in [5, 5.41) is 15.1. The first-order chi connectivity index (χ1) is 37.9. The van der Waals surface area contributed by atoms with Crippen LogP contribution in [0, 0.1) is 13.8 Å². The van der Waals surface area contributed by atoms with Crippen LogP contribution in [0.5, 0.6) is 11.5 Å². The minimum atomic E-state index is -4.74. The van der Waals surface area contributed by atoms with Gasteiger partial charge < -0.3 is 33.4 Å². The van der Waals surface area contributed by atoms with E-state index < -0.39 is 98.5 Å². The van der Waals surface area contributed by atoms with Gasteiger partial charge in [-0.15, -0.1) is 0 Å². The molecule has 0 aliphatic carbocycles. The summed E-state index contributed by atoms with van der Waals surface area (Å²) in [6, 6.07) is 44.0. The molecule has 9 atom stereocenters. The smallest absolute Gasteiger partial charge is 0.380 e. The van der Waals surface area contributed by atoms with E-state index in [4.69, 9.17) is 36.9 Å². The number of ether oxygens (including phenoxy) is 4. The average molecular weight is 1110 g/mol. The Kier molecular flexibility index (Phi) is 15.9. The molecule has 0 radical (unpaired) electrons. The van der Waals surface area contributed by atoms with Crippen LogP contribution in [0.2, 0.25) is 5.04 Å². The molecule has 3 fully saturated rings. The van der Waals surface area contributed by atoms with Crippen LogP contribution in [0.25, 0.3) is 0 Å². The van der Waals surface area contributed by atoms with Crippen molar-refractivity contribution in [3.05, 3.63) is 221 Å². The standard InChI is InChI=1S/C59H65N4O14PSi/c1-37-35-62(56(67)60-54(37)65)49-33-47(52(74-49)53(64)59(39-17-11-8-12-18-39,40-23-27-42(70-6)28-24-40)41-25-29-43(71-7)30-26-41)76-78(69)72-32-31-46(75-78)51-48(34-50(73-51)63-36-38(2)55(66)61-57(63)68)77-79(58(3,4)5,44-19-13-9-14-20-44)45-21-15-10-16-22-45/h8-30,35-36,46-53,64H,31-34H2,1-7H3,(H,60,65,67)(H,61,66,68)/t46-,47+,48+,49-,50-,51-,52+,53?,78?/m1/s1. The number of aromatic amines is 2. The number of H-pyrrole nitrogens is 2. The maximum absolute atomic E-state index is 15.7. The van der Waals surface area contributed by atoms with Crippen LogP contribution in [-0.4, -0.2) is 90.0 Å². The van der Waals surface area contributed by atoms with Crippen molar-refractivity contribution in [2.45, 2.75) is 113 Å². The van der Waals surface area contributed by atoms with E-state index >= 15 is 4.89 Å². The summed E-state index contributed by atoms with van der Waals surface area (Å²) in [7, 11) is -4.97. The molecule has 3 aliphatic rings. The number of nitrogens with zero attached hydrogens (tertiary/aromatic N) is 2. The number of aryl methyl sites for hydroxylation is 2. The third-order valence-electron chi connectivity index (χ3n) is 15.5. The number of hydrogen-bond acceptors (Lipinski definition) is 14. The third kappa shape index (κ3) is 10.6. The zero-order chi connectivity index (χ0) is 55.9. The average Bonchev–Trinajstić information content (AvgIpc) is 4.29. The fourth-order valence-corrected chi connectivity index (χ4v) is 18.0. The van der Waals surface area contributed by atoms with Crippen LogP contribution >= 0.6 is 8.17 Å². The molecule has 3 saturated heterocycles. The maximum Gasteiger partial charge on any atom is 0.380 e. The Bertz CT molecular complexity index is 3400. The first kappa shape index (κ1) is 55.7. The Hall–Kier alpha value is -6.61. The lowest BCUT2D eigenvalue weighted by Crippen LogP contribution is -2.68. The number of hydrogen-bond donors (Lipinski definition) is 3. The summed E-state index contributed by atoms with van der Waals surface area (Å²) in [5.74, 6) is 1.14. The molecular weight excluding hydrogens is 1050 g/mol. The first-order valence-electron chi connectivity index (χ1n) is 26.3. The van der Waals surface area contributed by atoms with Crippen molar-refractivity contribution in [1.29, 1.82) is 0 Å². The summed E-state index contributed by atoms with van der Waals surface area (Å²) in [4.78, 5) is 73.1. The van der Waals surface area contributed by atoms with Crippen molar-refractivity contribution < 1.29 is 46.9 Å². The van der Waals surface area contributed by atoms with E-state index in [0.29, 0.717) is 33.8 Å². The molecule has 20 heteroatoms. The van der Waals surface area contributed by atoms with Gasteiger partial charge in [-0.3, -0.25) is 28.7 Å². The van der Waals surface area contributed by atoms with Crippen LogP contribution in [0.3, 0.4) is 0 Å². The van der Waals surface area contributed by atoms with Crippen LogP contribution in [0.1, 0.15) is 80.3 Å². The highest BCUT2D eigenvalue weighted by atomic mass is 31.2. The molecule has 3 N–H and O–H groups in total. The van der Waals surface area contributed by atoms with Gasteiger partial charge in [-0.05, 0) is 70.2 Å². The topological polar surface area (TPSA) is 227 Å². The van der Waals surface area contributed by atoms with E-state index in [9.17, 15) is 24.3 Å². The van der Waals surface area contributed by atoms with Crippen molar-refractivity contribution in [2.75, 3.05) is 20.8 Å². The van der Waals surface area contributed by atoms with Crippen molar-refractivity contribution in [2.24, 2.45) is 0 Å². The van der Waals surface area contributed by atoms with Gasteiger partial charge in [-0.2, -0.15) is 13.6 Å². The monoisotopic (exact) mass is 1110 g/mol. The van der Waals surface area contributed by atoms with Gasteiger partial charge in [0.1, 0.15) is 54.5 Å². The van der Waals surface area contributed by atoms with Crippen LogP contribution < -0.4 is 47.2 Å². The Morgan fingerprint density at radius 2 is 1.11 bits per heavy atom. The summed E-state index contributed by atoms with van der Waals surface area (Å²) >= 11 is 0. The highest BCUT2D eigenvalue weighted by molar-refractivity contribution is 7.54. The van der Waals surface area contributed by atoms with Crippen molar-refractivity contribution in [3.63, 3.8) is 0 Å². The summed E-state index contributed by atoms with van der Waals surface area (Å²) < 4.78 is 54.6. The third-order valence-corrected chi connectivity index (χ3v) is 22.1. The Morgan fingerprint density at radius 1 is 0.658 bits per heavy atom. The quantitative estimate of drug-likeness (QED) is 0.0585. The zero-order valence-corrected chi connectivity index (χ0v) is 46.9. The second kappa shape index (κ2) is 22.5. The van der Waals surface area contributed by atoms with E-state index in [1.807, 2.05) is 91.0 Å². The number of aliphatic hydroxyl groups excluding tert-OH is 1. The van der Waals surface area contributed by atoms with Gasteiger partial charge in [-0.1, -0.05) is 136 Å². The molecular formula is C59H65N4O14PSi. The Balaban J connectivity index is 1.07. The molecule has 0 bridgehead atoms. The molecule has 0 amide bonds. The molecule has 79 heavy (non-hydrogen) atoms. The number of methoxy groups -OCH3 is 2. The van der Waals surface area contributed by atoms with Crippen molar-refractivity contribution in [1.82, 2.24) is 19.1 Å². The summed E-state index contributed by atoms with van der Waals surface area (Å²) in [6.45, 7) is 9.44. The van der Waals surface area contributed by atoms with Gasteiger partial charge in [-0.25, -0.2) is 9.59 Å². The van der Waals surface area contributed by atoms with Crippen LogP contribution in [0.15, 0.2) is 171 Å². The molecule has 7 aromatic rings. The largest absolute Gasteiger partial charge is 0.606 e. The summed E-state index contributed by atoms with van der Waals surface area (Å²) in [6.07, 6.45) is -6.39. The number of aliphatic hydroxyl groups is 1. The highest BCUT2D eigenvalue weighted by Crippen LogP contribution is 2.62. The van der Waals surface area contributed by atoms with Gasteiger partial charge in [0, 0.05) is 42.8 Å². The van der Waals surface area contributed by atoms with Crippen LogP contribution in [0.4, 0.5) is 0 Å². The van der Waals surface area contributed by atoms with Crippen molar-refractivity contribution in [3.8, 4) is 11.5 Å². The summed E-state index contributed by atoms with van der Waals surface area (Å²) in [5.41, 5.74) is -1.65. The Labute approximate surface area is 458 Å². The molecule has 5 aromatic carbocycles. The highest BCUT2D eigenvalue weighted by Gasteiger charge is 2.60. The predicted octanol–water partition coefficient (Wildman–Crippen LogP) is 5.87. The number of aromatic nitrogens is 4. The van der Waals surface area contributed by atoms with E-state index in [2.05, 4.69) is 55.0 Å². The SMILES string of the molecule is COc1ccc(C(c2ccccc2)(c2ccc(OC)cc2)C(O)[C@H]2O[C@@H](n3cc(C)c(=O)[nH]c3=O)C[C@@H]2O[P+]2([O-])OCC[C@H]([C@H]3O[C@@H](n4cc(C)c(=O)[nH]c4=O)C[C@@H]3O[Si](c3ccccc3)(c3ccccc3)C(C)(C)C)O2)cc1.